The average Bonchev–Trinajstić information content (AvgIpc) is 2.46. The van der Waals surface area contributed by atoms with Crippen LogP contribution in [-0.4, -0.2) is 5.91 Å². The van der Waals surface area contributed by atoms with E-state index >= 15 is 0 Å². The molecule has 0 bridgehead atoms. The van der Waals surface area contributed by atoms with E-state index in [1.165, 1.54) is 12.1 Å². The Bertz CT molecular complexity index is 697. The lowest BCUT2D eigenvalue weighted by molar-refractivity contribution is -0.137. The van der Waals surface area contributed by atoms with Gasteiger partial charge >= 0.3 is 6.18 Å². The molecule has 5 heteroatoms. The maximum absolute atomic E-state index is 12.7. The van der Waals surface area contributed by atoms with Crippen molar-refractivity contribution in [3.8, 4) is 0 Å². The number of nitrogens with one attached hydrogen (secondary N) is 1. The van der Waals surface area contributed by atoms with Gasteiger partial charge in [-0.05, 0) is 41.3 Å². The second-order valence-electron chi connectivity index (χ2n) is 6.36. The van der Waals surface area contributed by atoms with Gasteiger partial charge in [-0.15, -0.1) is 0 Å². The first kappa shape index (κ1) is 17.1. The number of carbonyl (C=O) groups excluding carboxylic acids is 1. The summed E-state index contributed by atoms with van der Waals surface area (Å²) in [5.41, 5.74) is 0.770. The maximum Gasteiger partial charge on any atom is 0.416 e. The molecule has 2 aromatic carbocycles. The first-order valence-electron chi connectivity index (χ1n) is 7.16. The highest BCUT2D eigenvalue weighted by Gasteiger charge is 2.30. The molecule has 0 spiro atoms. The van der Waals surface area contributed by atoms with Gasteiger partial charge in [0.25, 0.3) is 5.91 Å². The van der Waals surface area contributed by atoms with Crippen molar-refractivity contribution in [2.24, 2.45) is 0 Å². The Labute approximate surface area is 133 Å². The lowest BCUT2D eigenvalue weighted by Gasteiger charge is -2.19. The molecule has 0 aromatic heterocycles. The quantitative estimate of drug-likeness (QED) is 0.803. The molecule has 0 aliphatic carbocycles. The molecule has 0 radical (unpaired) electrons. The Morgan fingerprint density at radius 3 is 2.04 bits per heavy atom. The summed E-state index contributed by atoms with van der Waals surface area (Å²) in [6, 6.07) is 11.6. The largest absolute Gasteiger partial charge is 0.416 e. The van der Waals surface area contributed by atoms with E-state index < -0.39 is 17.6 Å². The fourth-order valence-electron chi connectivity index (χ4n) is 2.09. The van der Waals surface area contributed by atoms with Crippen LogP contribution in [0.2, 0.25) is 0 Å². The molecule has 1 N–H and O–H groups in total. The number of carbonyl (C=O) groups is 1. The van der Waals surface area contributed by atoms with Crippen molar-refractivity contribution >= 4 is 11.6 Å². The van der Waals surface area contributed by atoms with Gasteiger partial charge in [-0.1, -0.05) is 39.0 Å². The normalized spacial score (nSPS) is 12.1. The lowest BCUT2D eigenvalue weighted by atomic mass is 9.87. The number of rotatable bonds is 2. The first-order valence-corrected chi connectivity index (χ1v) is 7.16. The van der Waals surface area contributed by atoms with Crippen molar-refractivity contribution in [1.29, 1.82) is 0 Å². The fraction of sp³-hybridized carbons (Fsp3) is 0.278. The van der Waals surface area contributed by atoms with E-state index in [4.69, 9.17) is 0 Å². The third-order valence-corrected chi connectivity index (χ3v) is 3.46. The zero-order valence-electron chi connectivity index (χ0n) is 13.2. The second kappa shape index (κ2) is 6.07. The van der Waals surface area contributed by atoms with Crippen LogP contribution in [0.5, 0.6) is 0 Å². The van der Waals surface area contributed by atoms with Crippen LogP contribution in [0.1, 0.15) is 42.3 Å². The van der Waals surface area contributed by atoms with Crippen LogP contribution in [-0.2, 0) is 11.6 Å². The minimum absolute atomic E-state index is 0.0103. The number of hydrogen-bond donors (Lipinski definition) is 1. The highest BCUT2D eigenvalue weighted by atomic mass is 19.4. The molecular formula is C18H18F3NO. The molecule has 23 heavy (non-hydrogen) atoms. The Morgan fingerprint density at radius 2 is 1.52 bits per heavy atom. The van der Waals surface area contributed by atoms with Crippen LogP contribution >= 0.6 is 0 Å². The number of anilines is 1. The third-order valence-electron chi connectivity index (χ3n) is 3.46. The predicted octanol–water partition coefficient (Wildman–Crippen LogP) is 5.26. The molecule has 0 saturated heterocycles. The summed E-state index contributed by atoms with van der Waals surface area (Å²) in [5.74, 6) is -0.570. The fourth-order valence-corrected chi connectivity index (χ4v) is 2.09. The van der Waals surface area contributed by atoms with Gasteiger partial charge in [-0.3, -0.25) is 4.79 Å². The van der Waals surface area contributed by atoms with E-state index in [0.29, 0.717) is 5.69 Å². The number of hydrogen-bond acceptors (Lipinski definition) is 1. The molecular weight excluding hydrogens is 303 g/mol. The summed E-state index contributed by atoms with van der Waals surface area (Å²) in [5, 5.41) is 2.61. The highest BCUT2D eigenvalue weighted by Crippen LogP contribution is 2.29. The van der Waals surface area contributed by atoms with Crippen molar-refractivity contribution in [1.82, 2.24) is 0 Å². The van der Waals surface area contributed by atoms with Gasteiger partial charge < -0.3 is 5.32 Å². The number of alkyl halides is 3. The highest BCUT2D eigenvalue weighted by molar-refractivity contribution is 6.04. The summed E-state index contributed by atoms with van der Waals surface area (Å²) in [6.45, 7) is 6.22. The van der Waals surface area contributed by atoms with Crippen LogP contribution in [0.4, 0.5) is 18.9 Å². The van der Waals surface area contributed by atoms with Crippen LogP contribution in [0, 0.1) is 0 Å². The zero-order chi connectivity index (χ0) is 17.3. The number of benzene rings is 2. The smallest absolute Gasteiger partial charge is 0.322 e. The van der Waals surface area contributed by atoms with Crippen molar-refractivity contribution < 1.29 is 18.0 Å². The Kier molecular flexibility index (Phi) is 4.50. The summed E-state index contributed by atoms with van der Waals surface area (Å²) >= 11 is 0. The van der Waals surface area contributed by atoms with Gasteiger partial charge in [0.15, 0.2) is 0 Å². The number of amides is 1. The molecule has 2 aromatic rings. The summed E-state index contributed by atoms with van der Waals surface area (Å²) in [6.07, 6.45) is -4.47. The molecule has 0 aliphatic rings. The van der Waals surface area contributed by atoms with Crippen molar-refractivity contribution in [2.75, 3.05) is 5.32 Å². The first-order chi connectivity index (χ1) is 10.6. The zero-order valence-corrected chi connectivity index (χ0v) is 13.2. The molecule has 2 nitrogen and oxygen atoms in total. The van der Waals surface area contributed by atoms with Gasteiger partial charge in [0.05, 0.1) is 5.56 Å². The van der Waals surface area contributed by atoms with Crippen molar-refractivity contribution in [3.05, 3.63) is 65.2 Å². The Hall–Kier alpha value is -2.30. The average molecular weight is 321 g/mol. The van der Waals surface area contributed by atoms with E-state index in [2.05, 4.69) is 26.1 Å². The molecule has 0 atom stereocenters. The monoisotopic (exact) mass is 321 g/mol. The molecule has 2 rings (SSSR count). The lowest BCUT2D eigenvalue weighted by Crippen LogP contribution is -2.14. The predicted molar refractivity (Wildman–Crippen MR) is 84.5 cm³/mol. The minimum atomic E-state index is -4.47. The van der Waals surface area contributed by atoms with Crippen LogP contribution in [0.15, 0.2) is 48.5 Å². The van der Waals surface area contributed by atoms with Gasteiger partial charge in [-0.25, -0.2) is 0 Å². The topological polar surface area (TPSA) is 29.1 Å². The molecule has 0 fully saturated rings. The van der Waals surface area contributed by atoms with Gasteiger partial charge in [0, 0.05) is 11.3 Å². The van der Waals surface area contributed by atoms with E-state index in [9.17, 15) is 18.0 Å². The SMILES string of the molecule is CC(C)(C)c1ccc(NC(=O)c2cccc(C(F)(F)F)c2)cc1. The summed E-state index contributed by atoms with van der Waals surface area (Å²) < 4.78 is 38.0. The third kappa shape index (κ3) is 4.34. The number of halogens is 3. The van der Waals surface area contributed by atoms with Crippen molar-refractivity contribution in [2.45, 2.75) is 32.4 Å². The van der Waals surface area contributed by atoms with E-state index in [-0.39, 0.29) is 11.0 Å². The van der Waals surface area contributed by atoms with Crippen molar-refractivity contribution in [3.63, 3.8) is 0 Å². The molecule has 0 aliphatic heterocycles. The maximum atomic E-state index is 12.7. The van der Waals surface area contributed by atoms with Gasteiger partial charge in [0.2, 0.25) is 0 Å². The van der Waals surface area contributed by atoms with E-state index in [0.717, 1.165) is 17.7 Å². The van der Waals surface area contributed by atoms with Crippen LogP contribution in [0.3, 0.4) is 0 Å². The molecule has 122 valence electrons. The second-order valence-corrected chi connectivity index (χ2v) is 6.36. The van der Waals surface area contributed by atoms with Gasteiger partial charge in [0.1, 0.15) is 0 Å². The van der Waals surface area contributed by atoms with Crippen LogP contribution < -0.4 is 5.32 Å². The molecule has 0 saturated carbocycles. The minimum Gasteiger partial charge on any atom is -0.322 e. The van der Waals surface area contributed by atoms with E-state index in [1.807, 2.05) is 12.1 Å². The standard InChI is InChI=1S/C18H18F3NO/c1-17(2,3)13-7-9-15(10-8-13)22-16(23)12-5-4-6-14(11-12)18(19,20)21/h4-11H,1-3H3,(H,22,23). The molecule has 0 unspecified atom stereocenters. The van der Waals surface area contributed by atoms with E-state index in [1.54, 1.807) is 12.1 Å². The van der Waals surface area contributed by atoms with Gasteiger partial charge in [-0.2, -0.15) is 13.2 Å². The van der Waals surface area contributed by atoms with Crippen LogP contribution in [0.25, 0.3) is 0 Å². The summed E-state index contributed by atoms with van der Waals surface area (Å²) in [7, 11) is 0. The molecule has 0 heterocycles. The Balaban J connectivity index is 2.16. The molecule has 1 amide bonds. The summed E-state index contributed by atoms with van der Waals surface area (Å²) in [4.78, 5) is 12.1. The Morgan fingerprint density at radius 1 is 0.913 bits per heavy atom.